The van der Waals surface area contributed by atoms with E-state index in [1.54, 1.807) is 0 Å². The first-order valence-corrected chi connectivity index (χ1v) is 7.50. The van der Waals surface area contributed by atoms with Crippen LogP contribution in [-0.2, 0) is 9.59 Å². The first kappa shape index (κ1) is 17.9. The molecule has 0 aliphatic rings. The van der Waals surface area contributed by atoms with Gasteiger partial charge in [0.05, 0.1) is 0 Å². The van der Waals surface area contributed by atoms with Gasteiger partial charge >= 0.3 is 5.97 Å². The second kappa shape index (κ2) is 10.8. The van der Waals surface area contributed by atoms with Crippen molar-refractivity contribution in [3.05, 3.63) is 0 Å². The average molecular weight is 271 g/mol. The van der Waals surface area contributed by atoms with Crippen LogP contribution in [0.3, 0.4) is 0 Å². The van der Waals surface area contributed by atoms with Crippen LogP contribution >= 0.6 is 0 Å². The van der Waals surface area contributed by atoms with Crippen molar-refractivity contribution in [3.63, 3.8) is 0 Å². The fraction of sp³-hybridized carbons (Fsp3) is 0.867. The quantitative estimate of drug-likeness (QED) is 0.606. The Morgan fingerprint density at radius 2 is 1.84 bits per heavy atom. The molecule has 2 atom stereocenters. The van der Waals surface area contributed by atoms with Crippen LogP contribution in [0, 0.1) is 11.8 Å². The molecule has 0 spiro atoms. The van der Waals surface area contributed by atoms with E-state index >= 15 is 0 Å². The zero-order chi connectivity index (χ0) is 14.7. The molecule has 0 rings (SSSR count). The summed E-state index contributed by atoms with van der Waals surface area (Å²) in [5.74, 6) is -0.121. The SMILES string of the molecule is CCCCC(CC)C(=O)NCCC(C)CCC(=O)O. The Morgan fingerprint density at radius 3 is 2.37 bits per heavy atom. The number of rotatable bonds is 11. The second-order valence-electron chi connectivity index (χ2n) is 5.36. The molecular weight excluding hydrogens is 242 g/mol. The van der Waals surface area contributed by atoms with Crippen molar-refractivity contribution >= 4 is 11.9 Å². The number of amides is 1. The standard InChI is InChI=1S/C15H29NO3/c1-4-6-7-13(5-2)15(19)16-11-10-12(3)8-9-14(17)18/h12-13H,4-11H2,1-3H3,(H,16,19)(H,17,18). The third-order valence-electron chi connectivity index (χ3n) is 3.56. The molecule has 1 amide bonds. The number of carbonyl (C=O) groups excluding carboxylic acids is 1. The van der Waals surface area contributed by atoms with Gasteiger partial charge in [0, 0.05) is 18.9 Å². The zero-order valence-electron chi connectivity index (χ0n) is 12.6. The van der Waals surface area contributed by atoms with E-state index in [0.717, 1.165) is 32.1 Å². The van der Waals surface area contributed by atoms with Gasteiger partial charge in [0.15, 0.2) is 0 Å². The molecule has 19 heavy (non-hydrogen) atoms. The maximum Gasteiger partial charge on any atom is 0.303 e. The van der Waals surface area contributed by atoms with Gasteiger partial charge in [-0.2, -0.15) is 0 Å². The lowest BCUT2D eigenvalue weighted by Crippen LogP contribution is -2.31. The molecule has 0 aromatic heterocycles. The summed E-state index contributed by atoms with van der Waals surface area (Å²) < 4.78 is 0. The predicted molar refractivity (Wildman–Crippen MR) is 77.0 cm³/mol. The van der Waals surface area contributed by atoms with Crippen molar-refractivity contribution in [2.75, 3.05) is 6.54 Å². The summed E-state index contributed by atoms with van der Waals surface area (Å²) in [5, 5.41) is 11.6. The summed E-state index contributed by atoms with van der Waals surface area (Å²) in [7, 11) is 0. The normalized spacial score (nSPS) is 13.8. The summed E-state index contributed by atoms with van der Waals surface area (Å²) >= 11 is 0. The molecule has 0 radical (unpaired) electrons. The molecule has 0 aromatic rings. The highest BCUT2D eigenvalue weighted by Crippen LogP contribution is 2.13. The smallest absolute Gasteiger partial charge is 0.303 e. The minimum absolute atomic E-state index is 0.134. The van der Waals surface area contributed by atoms with Crippen LogP contribution in [-0.4, -0.2) is 23.5 Å². The van der Waals surface area contributed by atoms with E-state index in [9.17, 15) is 9.59 Å². The summed E-state index contributed by atoms with van der Waals surface area (Å²) in [6.07, 6.45) is 5.81. The Balaban J connectivity index is 3.79. The fourth-order valence-electron chi connectivity index (χ4n) is 2.07. The van der Waals surface area contributed by atoms with Crippen molar-refractivity contribution in [2.24, 2.45) is 11.8 Å². The Morgan fingerprint density at radius 1 is 1.16 bits per heavy atom. The van der Waals surface area contributed by atoms with E-state index in [1.165, 1.54) is 0 Å². The summed E-state index contributed by atoms with van der Waals surface area (Å²) in [6, 6.07) is 0. The number of carboxylic acids is 1. The van der Waals surface area contributed by atoms with E-state index in [1.807, 2.05) is 6.92 Å². The molecule has 2 unspecified atom stereocenters. The van der Waals surface area contributed by atoms with Crippen molar-refractivity contribution in [2.45, 2.75) is 65.7 Å². The first-order valence-electron chi connectivity index (χ1n) is 7.50. The van der Waals surface area contributed by atoms with E-state index in [2.05, 4.69) is 19.2 Å². The minimum atomic E-state index is -0.749. The van der Waals surface area contributed by atoms with Gasteiger partial charge < -0.3 is 10.4 Å². The fourth-order valence-corrected chi connectivity index (χ4v) is 2.07. The van der Waals surface area contributed by atoms with E-state index < -0.39 is 5.97 Å². The highest BCUT2D eigenvalue weighted by Gasteiger charge is 2.15. The molecule has 2 N–H and O–H groups in total. The maximum atomic E-state index is 11.9. The third kappa shape index (κ3) is 9.51. The first-order chi connectivity index (χ1) is 9.01. The average Bonchev–Trinajstić information content (AvgIpc) is 2.37. The van der Waals surface area contributed by atoms with Crippen molar-refractivity contribution in [1.82, 2.24) is 5.32 Å². The molecule has 0 bridgehead atoms. The van der Waals surface area contributed by atoms with Crippen LogP contribution in [0.25, 0.3) is 0 Å². The van der Waals surface area contributed by atoms with Crippen LogP contribution in [0.5, 0.6) is 0 Å². The number of hydrogen-bond acceptors (Lipinski definition) is 2. The third-order valence-corrected chi connectivity index (χ3v) is 3.56. The highest BCUT2D eigenvalue weighted by molar-refractivity contribution is 5.78. The number of nitrogens with one attached hydrogen (secondary N) is 1. The van der Waals surface area contributed by atoms with Crippen LogP contribution in [0.2, 0.25) is 0 Å². The topological polar surface area (TPSA) is 66.4 Å². The number of hydrogen-bond donors (Lipinski definition) is 2. The molecule has 0 aliphatic carbocycles. The lowest BCUT2D eigenvalue weighted by molar-refractivity contribution is -0.137. The molecule has 4 nitrogen and oxygen atoms in total. The Bertz CT molecular complexity index is 266. The van der Waals surface area contributed by atoms with Gasteiger partial charge in [-0.25, -0.2) is 0 Å². The minimum Gasteiger partial charge on any atom is -0.481 e. The molecule has 0 saturated carbocycles. The molecule has 0 aliphatic heterocycles. The number of carbonyl (C=O) groups is 2. The molecular formula is C15H29NO3. The highest BCUT2D eigenvalue weighted by atomic mass is 16.4. The number of unbranched alkanes of at least 4 members (excludes halogenated alkanes) is 1. The van der Waals surface area contributed by atoms with E-state index in [4.69, 9.17) is 5.11 Å². The van der Waals surface area contributed by atoms with Crippen LogP contribution in [0.15, 0.2) is 0 Å². The Hall–Kier alpha value is -1.06. The summed E-state index contributed by atoms with van der Waals surface area (Å²) in [5.41, 5.74) is 0. The van der Waals surface area contributed by atoms with Gasteiger partial charge in [-0.05, 0) is 31.6 Å². The molecule has 112 valence electrons. The maximum absolute atomic E-state index is 11.9. The lowest BCUT2D eigenvalue weighted by atomic mass is 9.98. The van der Waals surface area contributed by atoms with Crippen molar-refractivity contribution in [3.8, 4) is 0 Å². The monoisotopic (exact) mass is 271 g/mol. The Kier molecular flexibility index (Phi) is 10.2. The zero-order valence-corrected chi connectivity index (χ0v) is 12.6. The molecule has 4 heteroatoms. The predicted octanol–water partition coefficient (Wildman–Crippen LogP) is 3.21. The van der Waals surface area contributed by atoms with Gasteiger partial charge in [0.1, 0.15) is 0 Å². The molecule has 0 fully saturated rings. The van der Waals surface area contributed by atoms with Gasteiger partial charge in [-0.1, -0.05) is 33.6 Å². The van der Waals surface area contributed by atoms with E-state index in [0.29, 0.717) is 18.9 Å². The summed E-state index contributed by atoms with van der Waals surface area (Å²) in [4.78, 5) is 22.4. The Labute approximate surface area is 117 Å². The van der Waals surface area contributed by atoms with Crippen molar-refractivity contribution < 1.29 is 14.7 Å². The number of aliphatic carboxylic acids is 1. The van der Waals surface area contributed by atoms with Gasteiger partial charge in [0.2, 0.25) is 5.91 Å². The molecule has 0 heterocycles. The summed E-state index contributed by atoms with van der Waals surface area (Å²) in [6.45, 7) is 6.87. The lowest BCUT2D eigenvalue weighted by Gasteiger charge is -2.16. The molecule has 0 aromatic carbocycles. The van der Waals surface area contributed by atoms with Gasteiger partial charge in [-0.15, -0.1) is 0 Å². The van der Waals surface area contributed by atoms with E-state index in [-0.39, 0.29) is 18.2 Å². The largest absolute Gasteiger partial charge is 0.481 e. The van der Waals surface area contributed by atoms with Crippen LogP contribution in [0.4, 0.5) is 0 Å². The second-order valence-corrected chi connectivity index (χ2v) is 5.36. The van der Waals surface area contributed by atoms with Crippen LogP contribution in [0.1, 0.15) is 65.7 Å². The number of carboxylic acid groups (broad SMARTS) is 1. The van der Waals surface area contributed by atoms with Crippen molar-refractivity contribution in [1.29, 1.82) is 0 Å². The van der Waals surface area contributed by atoms with Gasteiger partial charge in [0.25, 0.3) is 0 Å². The van der Waals surface area contributed by atoms with Gasteiger partial charge in [-0.3, -0.25) is 9.59 Å². The molecule has 0 saturated heterocycles. The van der Waals surface area contributed by atoms with Crippen LogP contribution < -0.4 is 5.32 Å².